The van der Waals surface area contributed by atoms with Crippen LogP contribution in [0.2, 0.25) is 0 Å². The van der Waals surface area contributed by atoms with Gasteiger partial charge >= 0.3 is 0 Å². The van der Waals surface area contributed by atoms with Crippen molar-refractivity contribution >= 4 is 39.0 Å². The number of sulfonamides is 1. The number of carbonyl (C=O) groups is 1. The molecule has 0 aliphatic carbocycles. The Labute approximate surface area is 135 Å². The van der Waals surface area contributed by atoms with Crippen LogP contribution in [-0.2, 0) is 14.8 Å². The van der Waals surface area contributed by atoms with Crippen molar-refractivity contribution in [2.75, 3.05) is 15.8 Å². The third-order valence-electron chi connectivity index (χ3n) is 3.57. The molecule has 1 heterocycles. The largest absolute Gasteiger partial charge is 0.321 e. The van der Waals surface area contributed by atoms with Crippen LogP contribution in [0.1, 0.15) is 18.1 Å². The molecule has 2 aromatic rings. The van der Waals surface area contributed by atoms with Crippen LogP contribution < -0.4 is 10.0 Å². The molecule has 1 aliphatic heterocycles. The summed E-state index contributed by atoms with van der Waals surface area (Å²) in [5.41, 5.74) is 3.24. The van der Waals surface area contributed by atoms with E-state index in [9.17, 15) is 13.2 Å². The summed E-state index contributed by atoms with van der Waals surface area (Å²) in [6.45, 7) is 1.57. The number of anilines is 2. The molecule has 0 fully saturated rings. The molecule has 1 aliphatic rings. The van der Waals surface area contributed by atoms with Crippen molar-refractivity contribution in [3.05, 3.63) is 59.7 Å². The molecule has 23 heavy (non-hydrogen) atoms. The summed E-state index contributed by atoms with van der Waals surface area (Å²) in [5, 5.41) is 2.79. The number of amides is 1. The van der Waals surface area contributed by atoms with Crippen LogP contribution in [0.15, 0.2) is 48.5 Å². The number of carbonyl (C=O) groups excluding carboxylic acids is 1. The topological polar surface area (TPSA) is 75.3 Å². The van der Waals surface area contributed by atoms with E-state index in [-0.39, 0.29) is 11.7 Å². The van der Waals surface area contributed by atoms with E-state index in [4.69, 9.17) is 0 Å². The van der Waals surface area contributed by atoms with Crippen molar-refractivity contribution in [1.29, 1.82) is 0 Å². The predicted octanol–water partition coefficient (Wildman–Crippen LogP) is 2.94. The first-order valence-corrected chi connectivity index (χ1v) is 8.87. The summed E-state index contributed by atoms with van der Waals surface area (Å²) in [6, 6.07) is 14.5. The fourth-order valence-corrected chi connectivity index (χ4v) is 2.99. The van der Waals surface area contributed by atoms with Crippen molar-refractivity contribution in [2.24, 2.45) is 0 Å². The molecule has 3 rings (SSSR count). The number of rotatable bonds is 4. The van der Waals surface area contributed by atoms with E-state index in [0.29, 0.717) is 22.5 Å². The highest BCUT2D eigenvalue weighted by atomic mass is 32.2. The minimum atomic E-state index is -3.35. The van der Waals surface area contributed by atoms with E-state index >= 15 is 0 Å². The van der Waals surface area contributed by atoms with Crippen molar-refractivity contribution < 1.29 is 13.2 Å². The molecular formula is C17H16N2O3S. The third kappa shape index (κ3) is 3.27. The van der Waals surface area contributed by atoms with Crippen molar-refractivity contribution in [3.63, 3.8) is 0 Å². The van der Waals surface area contributed by atoms with Crippen LogP contribution in [0, 0.1) is 0 Å². The van der Waals surface area contributed by atoms with Gasteiger partial charge in [0, 0.05) is 22.5 Å². The molecule has 0 spiro atoms. The molecule has 0 saturated heterocycles. The smallest absolute Gasteiger partial charge is 0.256 e. The lowest BCUT2D eigenvalue weighted by molar-refractivity contribution is -0.110. The molecule has 0 unspecified atom stereocenters. The van der Waals surface area contributed by atoms with Crippen LogP contribution in [0.5, 0.6) is 0 Å². The molecule has 6 heteroatoms. The second kappa shape index (κ2) is 5.89. The Balaban J connectivity index is 2.01. The Kier molecular flexibility index (Phi) is 3.92. The Hall–Kier alpha value is -2.60. The number of hydrogen-bond donors (Lipinski definition) is 2. The van der Waals surface area contributed by atoms with Gasteiger partial charge < -0.3 is 5.32 Å². The lowest BCUT2D eigenvalue weighted by Gasteiger charge is -2.07. The Morgan fingerprint density at radius 1 is 1.13 bits per heavy atom. The van der Waals surface area contributed by atoms with Gasteiger partial charge in [-0.25, -0.2) is 8.42 Å². The molecule has 0 atom stereocenters. The SMILES string of the molecule is CCS(=O)(=O)Nc1ccc2c(c1)/C(=C/c1ccccc1)C(=O)N2. The first-order valence-electron chi connectivity index (χ1n) is 7.21. The van der Waals surface area contributed by atoms with Gasteiger partial charge in [-0.1, -0.05) is 30.3 Å². The van der Waals surface area contributed by atoms with Crippen LogP contribution in [-0.4, -0.2) is 20.1 Å². The summed E-state index contributed by atoms with van der Waals surface area (Å²) in [5.74, 6) is -0.201. The molecule has 0 bridgehead atoms. The summed E-state index contributed by atoms with van der Waals surface area (Å²) >= 11 is 0. The van der Waals surface area contributed by atoms with Crippen molar-refractivity contribution in [3.8, 4) is 0 Å². The first kappa shape index (κ1) is 15.3. The van der Waals surface area contributed by atoms with E-state index in [1.807, 2.05) is 30.3 Å². The maximum absolute atomic E-state index is 12.2. The van der Waals surface area contributed by atoms with Crippen molar-refractivity contribution in [1.82, 2.24) is 0 Å². The molecule has 118 valence electrons. The van der Waals surface area contributed by atoms with E-state index in [0.717, 1.165) is 5.56 Å². The molecule has 5 nitrogen and oxygen atoms in total. The molecule has 1 amide bonds. The van der Waals surface area contributed by atoms with Gasteiger partial charge in [-0.15, -0.1) is 0 Å². The summed E-state index contributed by atoms with van der Waals surface area (Å²) in [6.07, 6.45) is 1.79. The molecule has 2 aromatic carbocycles. The van der Waals surface area contributed by atoms with Crippen LogP contribution in [0.3, 0.4) is 0 Å². The predicted molar refractivity (Wildman–Crippen MR) is 92.5 cm³/mol. The lowest BCUT2D eigenvalue weighted by atomic mass is 10.0. The van der Waals surface area contributed by atoms with Gasteiger partial charge in [0.2, 0.25) is 10.0 Å². The second-order valence-electron chi connectivity index (χ2n) is 5.19. The third-order valence-corrected chi connectivity index (χ3v) is 4.87. The fraction of sp³-hybridized carbons (Fsp3) is 0.118. The zero-order valence-corrected chi connectivity index (χ0v) is 13.4. The second-order valence-corrected chi connectivity index (χ2v) is 7.20. The maximum Gasteiger partial charge on any atom is 0.256 e. The quantitative estimate of drug-likeness (QED) is 0.847. The van der Waals surface area contributed by atoms with Gasteiger partial charge in [0.1, 0.15) is 0 Å². The minimum Gasteiger partial charge on any atom is -0.321 e. The average molecular weight is 328 g/mol. The average Bonchev–Trinajstić information content (AvgIpc) is 2.84. The summed E-state index contributed by atoms with van der Waals surface area (Å²) in [4.78, 5) is 12.2. The monoisotopic (exact) mass is 328 g/mol. The first-order chi connectivity index (χ1) is 11.0. The molecular weight excluding hydrogens is 312 g/mol. The minimum absolute atomic E-state index is 0.00598. The van der Waals surface area contributed by atoms with E-state index in [2.05, 4.69) is 10.0 Å². The Morgan fingerprint density at radius 2 is 1.87 bits per heavy atom. The number of hydrogen-bond acceptors (Lipinski definition) is 3. The van der Waals surface area contributed by atoms with Crippen LogP contribution in [0.25, 0.3) is 11.6 Å². The highest BCUT2D eigenvalue weighted by Crippen LogP contribution is 2.35. The molecule has 0 radical (unpaired) electrons. The summed E-state index contributed by atoms with van der Waals surface area (Å²) in [7, 11) is -3.35. The van der Waals surface area contributed by atoms with E-state index in [1.165, 1.54) is 0 Å². The number of benzene rings is 2. The van der Waals surface area contributed by atoms with Crippen molar-refractivity contribution in [2.45, 2.75) is 6.92 Å². The zero-order chi connectivity index (χ0) is 16.4. The standard InChI is InChI=1S/C17H16N2O3S/c1-2-23(21,22)19-13-8-9-16-14(11-13)15(17(20)18-16)10-12-6-4-3-5-7-12/h3-11,19H,2H2,1H3,(H,18,20)/b15-10-. The van der Waals surface area contributed by atoms with Gasteiger partial charge in [-0.2, -0.15) is 0 Å². The maximum atomic E-state index is 12.2. The van der Waals surface area contributed by atoms with Gasteiger partial charge in [0.15, 0.2) is 0 Å². The van der Waals surface area contributed by atoms with Gasteiger partial charge in [-0.3, -0.25) is 9.52 Å². The molecule has 2 N–H and O–H groups in total. The fourth-order valence-electron chi connectivity index (χ4n) is 2.36. The molecule has 0 saturated carbocycles. The van der Waals surface area contributed by atoms with E-state index < -0.39 is 10.0 Å². The van der Waals surface area contributed by atoms with Crippen LogP contribution in [0.4, 0.5) is 11.4 Å². The van der Waals surface area contributed by atoms with Gasteiger partial charge in [0.05, 0.1) is 5.75 Å². The van der Waals surface area contributed by atoms with Gasteiger partial charge in [-0.05, 0) is 36.8 Å². The highest BCUT2D eigenvalue weighted by Gasteiger charge is 2.24. The highest BCUT2D eigenvalue weighted by molar-refractivity contribution is 7.92. The Bertz CT molecular complexity index is 887. The lowest BCUT2D eigenvalue weighted by Crippen LogP contribution is -2.14. The number of fused-ring (bicyclic) bond motifs is 1. The zero-order valence-electron chi connectivity index (χ0n) is 12.5. The van der Waals surface area contributed by atoms with Crippen LogP contribution >= 0.6 is 0 Å². The normalized spacial score (nSPS) is 15.3. The summed E-state index contributed by atoms with van der Waals surface area (Å²) < 4.78 is 25.9. The number of nitrogens with one attached hydrogen (secondary N) is 2. The van der Waals surface area contributed by atoms with E-state index in [1.54, 1.807) is 31.2 Å². The van der Waals surface area contributed by atoms with Gasteiger partial charge in [0.25, 0.3) is 5.91 Å². The Morgan fingerprint density at radius 3 is 2.57 bits per heavy atom. The molecule has 0 aromatic heterocycles.